The summed E-state index contributed by atoms with van der Waals surface area (Å²) in [5, 5.41) is 4.66. The number of anilines is 1. The predicted octanol–water partition coefficient (Wildman–Crippen LogP) is 4.15. The van der Waals surface area contributed by atoms with E-state index in [1.54, 1.807) is 48.0 Å². The van der Waals surface area contributed by atoms with Crippen LogP contribution in [-0.2, 0) is 16.6 Å². The molecule has 162 valence electrons. The van der Waals surface area contributed by atoms with Gasteiger partial charge in [0.15, 0.2) is 0 Å². The number of carbonyl (C=O) groups excluding carboxylic acids is 1. The van der Waals surface area contributed by atoms with Crippen LogP contribution in [0.4, 0.5) is 5.69 Å². The van der Waals surface area contributed by atoms with Gasteiger partial charge >= 0.3 is 0 Å². The van der Waals surface area contributed by atoms with Crippen LogP contribution in [0.5, 0.6) is 5.75 Å². The van der Waals surface area contributed by atoms with E-state index in [9.17, 15) is 13.2 Å². The van der Waals surface area contributed by atoms with Crippen molar-refractivity contribution in [2.24, 2.45) is 0 Å². The lowest BCUT2D eigenvalue weighted by atomic mass is 10.2. The Hall–Kier alpha value is -2.75. The molecule has 0 atom stereocenters. The highest BCUT2D eigenvalue weighted by molar-refractivity contribution is 7.89. The van der Waals surface area contributed by atoms with E-state index in [4.69, 9.17) is 4.74 Å². The Morgan fingerprint density at radius 1 is 1.10 bits per heavy atom. The number of nitrogens with zero attached hydrogens (tertiary/aromatic N) is 2. The maximum absolute atomic E-state index is 13.1. The highest BCUT2D eigenvalue weighted by Gasteiger charge is 2.28. The number of piperidine rings is 1. The van der Waals surface area contributed by atoms with Crippen molar-refractivity contribution in [3.05, 3.63) is 70.7 Å². The monoisotopic (exact) mass is 457 g/mol. The van der Waals surface area contributed by atoms with Crippen LogP contribution in [0.3, 0.4) is 0 Å². The van der Waals surface area contributed by atoms with E-state index in [0.29, 0.717) is 31.0 Å². The minimum atomic E-state index is -3.67. The zero-order chi connectivity index (χ0) is 21.7. The number of rotatable bonds is 7. The summed E-state index contributed by atoms with van der Waals surface area (Å²) < 4.78 is 33.5. The highest BCUT2D eigenvalue weighted by Crippen LogP contribution is 2.27. The molecule has 1 amide bonds. The van der Waals surface area contributed by atoms with Crippen molar-refractivity contribution in [1.82, 2.24) is 9.29 Å². The molecule has 31 heavy (non-hydrogen) atoms. The first-order chi connectivity index (χ1) is 15.0. The molecule has 1 aliphatic heterocycles. The summed E-state index contributed by atoms with van der Waals surface area (Å²) in [6.07, 6.45) is 2.73. The van der Waals surface area contributed by atoms with E-state index in [1.807, 2.05) is 5.38 Å². The molecule has 2 heterocycles. The summed E-state index contributed by atoms with van der Waals surface area (Å²) in [7, 11) is -3.67. The number of sulfonamides is 1. The van der Waals surface area contributed by atoms with Gasteiger partial charge in [-0.3, -0.25) is 4.79 Å². The second-order valence-electron chi connectivity index (χ2n) is 7.21. The van der Waals surface area contributed by atoms with E-state index in [0.717, 1.165) is 25.0 Å². The van der Waals surface area contributed by atoms with Gasteiger partial charge in [-0.15, -0.1) is 11.3 Å². The number of hydrogen-bond donors (Lipinski definition) is 1. The number of hydrogen-bond acceptors (Lipinski definition) is 6. The molecule has 0 spiro atoms. The van der Waals surface area contributed by atoms with E-state index < -0.39 is 15.9 Å². The number of amides is 1. The van der Waals surface area contributed by atoms with E-state index >= 15 is 0 Å². The molecule has 0 radical (unpaired) electrons. The van der Waals surface area contributed by atoms with Gasteiger partial charge in [-0.05, 0) is 43.2 Å². The number of ether oxygens (including phenoxy) is 1. The van der Waals surface area contributed by atoms with Crippen molar-refractivity contribution >= 4 is 33.0 Å². The lowest BCUT2D eigenvalue weighted by molar-refractivity contribution is 0.102. The average molecular weight is 458 g/mol. The van der Waals surface area contributed by atoms with Crippen molar-refractivity contribution in [3.8, 4) is 5.75 Å². The number of nitrogens with one attached hydrogen (secondary N) is 1. The highest BCUT2D eigenvalue weighted by atomic mass is 32.2. The summed E-state index contributed by atoms with van der Waals surface area (Å²) in [6.45, 7) is 1.32. The maximum Gasteiger partial charge on any atom is 0.255 e. The molecule has 9 heteroatoms. The second kappa shape index (κ2) is 9.59. The van der Waals surface area contributed by atoms with Gasteiger partial charge in [0.25, 0.3) is 5.91 Å². The number of thiazole rings is 1. The predicted molar refractivity (Wildman–Crippen MR) is 120 cm³/mol. The standard InChI is InChI=1S/C22H23N3O4S2/c26-22(17-7-6-8-19(13-17)29-14-18-15-30-16-23-18)24-20-9-2-3-10-21(20)31(27,28)25-11-4-1-5-12-25/h2-3,6-10,13,15-16H,1,4-5,11-12,14H2,(H,24,26). The van der Waals surface area contributed by atoms with Crippen molar-refractivity contribution in [3.63, 3.8) is 0 Å². The quantitative estimate of drug-likeness (QED) is 0.576. The molecule has 0 aliphatic carbocycles. The van der Waals surface area contributed by atoms with Crippen molar-refractivity contribution in [2.75, 3.05) is 18.4 Å². The zero-order valence-corrected chi connectivity index (χ0v) is 18.5. The molecule has 4 rings (SSSR count). The molecular weight excluding hydrogens is 434 g/mol. The normalized spacial score (nSPS) is 14.8. The van der Waals surface area contributed by atoms with Crippen molar-refractivity contribution < 1.29 is 17.9 Å². The fourth-order valence-corrected chi connectivity index (χ4v) is 5.63. The molecule has 0 bridgehead atoms. The summed E-state index contributed by atoms with van der Waals surface area (Å²) in [5.41, 5.74) is 3.20. The largest absolute Gasteiger partial charge is 0.487 e. The first-order valence-corrected chi connectivity index (χ1v) is 12.4. The summed E-state index contributed by atoms with van der Waals surface area (Å²) >= 11 is 1.49. The van der Waals surface area contributed by atoms with Gasteiger partial charge in [-0.2, -0.15) is 4.31 Å². The van der Waals surface area contributed by atoms with Crippen molar-refractivity contribution in [2.45, 2.75) is 30.8 Å². The summed E-state index contributed by atoms with van der Waals surface area (Å²) in [5.74, 6) is 0.135. The third-order valence-corrected chi connectivity index (χ3v) is 7.63. The fourth-order valence-electron chi connectivity index (χ4n) is 3.43. The van der Waals surface area contributed by atoms with Crippen LogP contribution in [0.1, 0.15) is 35.3 Å². The Balaban J connectivity index is 1.51. The maximum atomic E-state index is 13.1. The summed E-state index contributed by atoms with van der Waals surface area (Å²) in [6, 6.07) is 13.3. The minimum Gasteiger partial charge on any atom is -0.487 e. The van der Waals surface area contributed by atoms with Crippen LogP contribution in [0.15, 0.2) is 64.3 Å². The molecule has 3 aromatic rings. The molecule has 1 aliphatic rings. The van der Waals surface area contributed by atoms with Gasteiger partial charge < -0.3 is 10.1 Å². The molecule has 0 unspecified atom stereocenters. The van der Waals surface area contributed by atoms with Crippen LogP contribution < -0.4 is 10.1 Å². The number of benzene rings is 2. The van der Waals surface area contributed by atoms with Crippen LogP contribution in [0, 0.1) is 0 Å². The lowest BCUT2D eigenvalue weighted by Crippen LogP contribution is -2.36. The van der Waals surface area contributed by atoms with Gasteiger partial charge in [0.05, 0.1) is 16.9 Å². The van der Waals surface area contributed by atoms with Crippen LogP contribution in [-0.4, -0.2) is 36.7 Å². The third kappa shape index (κ3) is 5.12. The molecule has 7 nitrogen and oxygen atoms in total. The Morgan fingerprint density at radius 2 is 1.90 bits per heavy atom. The van der Waals surface area contributed by atoms with E-state index in [1.165, 1.54) is 21.7 Å². The first kappa shape index (κ1) is 21.5. The molecular formula is C22H23N3O4S2. The second-order valence-corrected chi connectivity index (χ2v) is 9.84. The number of carbonyl (C=O) groups is 1. The van der Waals surface area contributed by atoms with E-state index in [2.05, 4.69) is 10.3 Å². The zero-order valence-electron chi connectivity index (χ0n) is 16.9. The number of para-hydroxylation sites is 1. The van der Waals surface area contributed by atoms with Gasteiger partial charge in [0.2, 0.25) is 10.0 Å². The number of aromatic nitrogens is 1. The third-order valence-electron chi connectivity index (χ3n) is 5.03. The molecule has 1 N–H and O–H groups in total. The van der Waals surface area contributed by atoms with E-state index in [-0.39, 0.29) is 10.6 Å². The smallest absolute Gasteiger partial charge is 0.255 e. The van der Waals surface area contributed by atoms with Gasteiger partial charge in [0, 0.05) is 24.0 Å². The first-order valence-electron chi connectivity index (χ1n) is 10.0. The van der Waals surface area contributed by atoms with Gasteiger partial charge in [0.1, 0.15) is 17.3 Å². The van der Waals surface area contributed by atoms with Gasteiger partial charge in [-0.1, -0.05) is 24.6 Å². The topological polar surface area (TPSA) is 88.6 Å². The molecule has 1 fully saturated rings. The molecule has 1 aromatic heterocycles. The molecule has 2 aromatic carbocycles. The Kier molecular flexibility index (Phi) is 6.64. The Morgan fingerprint density at radius 3 is 2.68 bits per heavy atom. The van der Waals surface area contributed by atoms with Crippen molar-refractivity contribution in [1.29, 1.82) is 0 Å². The van der Waals surface area contributed by atoms with Crippen LogP contribution in [0.25, 0.3) is 0 Å². The Labute approximate surface area is 185 Å². The SMILES string of the molecule is O=C(Nc1ccccc1S(=O)(=O)N1CCCCC1)c1cccc(OCc2cscn2)c1. The average Bonchev–Trinajstić information content (AvgIpc) is 3.32. The minimum absolute atomic E-state index is 0.112. The van der Waals surface area contributed by atoms with Crippen LogP contribution >= 0.6 is 11.3 Å². The van der Waals surface area contributed by atoms with Crippen LogP contribution in [0.2, 0.25) is 0 Å². The lowest BCUT2D eigenvalue weighted by Gasteiger charge is -2.26. The molecule has 1 saturated heterocycles. The summed E-state index contributed by atoms with van der Waals surface area (Å²) in [4.78, 5) is 17.2. The fraction of sp³-hybridized carbons (Fsp3) is 0.273. The molecule has 0 saturated carbocycles. The Bertz CT molecular complexity index is 1140. The van der Waals surface area contributed by atoms with Gasteiger partial charge in [-0.25, -0.2) is 13.4 Å².